The van der Waals surface area contributed by atoms with Crippen LogP contribution in [0.15, 0.2) is 12.1 Å². The third kappa shape index (κ3) is 2.07. The predicted molar refractivity (Wildman–Crippen MR) is 55.1 cm³/mol. The predicted octanol–water partition coefficient (Wildman–Crippen LogP) is 3.19. The Morgan fingerprint density at radius 3 is 2.06 bits per heavy atom. The molecule has 0 aliphatic rings. The van der Waals surface area contributed by atoms with Crippen LogP contribution in [-0.2, 0) is 10.2 Å². The van der Waals surface area contributed by atoms with E-state index < -0.39 is 22.9 Å². The highest BCUT2D eigenvalue weighted by Crippen LogP contribution is 2.28. The molecule has 0 saturated heterocycles. The van der Waals surface area contributed by atoms with Gasteiger partial charge >= 0.3 is 0 Å². The number of ketones is 1. The van der Waals surface area contributed by atoms with Crippen LogP contribution >= 0.6 is 11.6 Å². The van der Waals surface area contributed by atoms with Crippen LogP contribution in [-0.4, -0.2) is 11.7 Å². The summed E-state index contributed by atoms with van der Waals surface area (Å²) in [5.41, 5.74) is -1.18. The van der Waals surface area contributed by atoms with Gasteiger partial charge in [-0.2, -0.15) is 0 Å². The standard InChI is InChI=1S/C11H10ClF3O/c1-6(16)11(2,5-12)7-3-8(13)10(15)9(14)4-7/h3-4H,5H2,1-2H3. The molecule has 1 rings (SSSR count). The van der Waals surface area contributed by atoms with E-state index in [9.17, 15) is 18.0 Å². The molecule has 1 aromatic carbocycles. The second-order valence-corrected chi connectivity index (χ2v) is 4.04. The highest BCUT2D eigenvalue weighted by atomic mass is 35.5. The summed E-state index contributed by atoms with van der Waals surface area (Å²) >= 11 is 5.62. The lowest BCUT2D eigenvalue weighted by Crippen LogP contribution is -2.33. The Hall–Kier alpha value is -1.03. The fraction of sp³-hybridized carbons (Fsp3) is 0.364. The molecule has 88 valence electrons. The first-order valence-electron chi connectivity index (χ1n) is 4.55. The Labute approximate surface area is 96.2 Å². The Morgan fingerprint density at radius 2 is 1.75 bits per heavy atom. The molecule has 0 N–H and O–H groups in total. The highest BCUT2D eigenvalue weighted by molar-refractivity contribution is 6.20. The Kier molecular flexibility index (Phi) is 3.63. The molecule has 1 unspecified atom stereocenters. The van der Waals surface area contributed by atoms with Crippen LogP contribution in [0.5, 0.6) is 0 Å². The highest BCUT2D eigenvalue weighted by Gasteiger charge is 2.32. The maximum absolute atomic E-state index is 13.0. The molecule has 0 aliphatic carbocycles. The summed E-state index contributed by atoms with van der Waals surface area (Å²) in [5, 5.41) is 0. The van der Waals surface area contributed by atoms with Crippen LogP contribution in [0.1, 0.15) is 19.4 Å². The summed E-state index contributed by atoms with van der Waals surface area (Å²) in [6.45, 7) is 2.72. The van der Waals surface area contributed by atoms with Crippen molar-refractivity contribution in [2.24, 2.45) is 0 Å². The zero-order valence-electron chi connectivity index (χ0n) is 8.78. The minimum Gasteiger partial charge on any atom is -0.299 e. The molecule has 5 heteroatoms. The third-order valence-electron chi connectivity index (χ3n) is 2.67. The van der Waals surface area contributed by atoms with Crippen LogP contribution in [0.3, 0.4) is 0 Å². The van der Waals surface area contributed by atoms with E-state index in [1.54, 1.807) is 0 Å². The van der Waals surface area contributed by atoms with Crippen molar-refractivity contribution in [3.63, 3.8) is 0 Å². The van der Waals surface area contributed by atoms with Gasteiger partial charge in [0.15, 0.2) is 17.5 Å². The van der Waals surface area contributed by atoms with E-state index in [1.165, 1.54) is 13.8 Å². The van der Waals surface area contributed by atoms with Crippen LogP contribution in [0.4, 0.5) is 13.2 Å². The van der Waals surface area contributed by atoms with E-state index in [1.807, 2.05) is 0 Å². The van der Waals surface area contributed by atoms with Crippen molar-refractivity contribution in [1.29, 1.82) is 0 Å². The van der Waals surface area contributed by atoms with E-state index in [2.05, 4.69) is 0 Å². The number of Topliss-reactive ketones (excluding diaryl/α,β-unsaturated/α-hetero) is 1. The molecule has 1 nitrogen and oxygen atoms in total. The van der Waals surface area contributed by atoms with Crippen molar-refractivity contribution in [2.45, 2.75) is 19.3 Å². The number of hydrogen-bond donors (Lipinski definition) is 0. The van der Waals surface area contributed by atoms with Gasteiger partial charge in [0.25, 0.3) is 0 Å². The number of benzene rings is 1. The van der Waals surface area contributed by atoms with Gasteiger partial charge in [0, 0.05) is 5.88 Å². The van der Waals surface area contributed by atoms with Gasteiger partial charge in [0.1, 0.15) is 5.78 Å². The van der Waals surface area contributed by atoms with Crippen LogP contribution in [0, 0.1) is 17.5 Å². The number of carbonyl (C=O) groups is 1. The van der Waals surface area contributed by atoms with E-state index >= 15 is 0 Å². The van der Waals surface area contributed by atoms with Crippen molar-refractivity contribution in [3.8, 4) is 0 Å². The number of rotatable bonds is 3. The Bertz CT molecular complexity index is 410. The van der Waals surface area contributed by atoms with Crippen LogP contribution in [0.2, 0.25) is 0 Å². The Balaban J connectivity index is 3.38. The fourth-order valence-electron chi connectivity index (χ4n) is 1.25. The molecule has 0 saturated carbocycles. The van der Waals surface area contributed by atoms with E-state index in [0.717, 1.165) is 12.1 Å². The molecule has 16 heavy (non-hydrogen) atoms. The molecule has 0 heterocycles. The monoisotopic (exact) mass is 250 g/mol. The van der Waals surface area contributed by atoms with Gasteiger partial charge < -0.3 is 0 Å². The maximum atomic E-state index is 13.0. The summed E-state index contributed by atoms with van der Waals surface area (Å²) in [6, 6.07) is 1.59. The average Bonchev–Trinajstić information content (AvgIpc) is 2.23. The number of carbonyl (C=O) groups excluding carboxylic acids is 1. The largest absolute Gasteiger partial charge is 0.299 e. The minimum atomic E-state index is -1.55. The zero-order valence-corrected chi connectivity index (χ0v) is 9.54. The van der Waals surface area contributed by atoms with Crippen molar-refractivity contribution in [2.75, 3.05) is 5.88 Å². The molecule has 0 aromatic heterocycles. The van der Waals surface area contributed by atoms with Crippen molar-refractivity contribution in [1.82, 2.24) is 0 Å². The average molecular weight is 251 g/mol. The lowest BCUT2D eigenvalue weighted by molar-refractivity contribution is -0.121. The van der Waals surface area contributed by atoms with Gasteiger partial charge in [-0.1, -0.05) is 0 Å². The number of halogens is 4. The lowest BCUT2D eigenvalue weighted by atomic mass is 9.81. The first-order valence-corrected chi connectivity index (χ1v) is 5.08. The second kappa shape index (κ2) is 4.45. The van der Waals surface area contributed by atoms with E-state index in [4.69, 9.17) is 11.6 Å². The SMILES string of the molecule is CC(=O)C(C)(CCl)c1cc(F)c(F)c(F)c1. The topological polar surface area (TPSA) is 17.1 Å². The van der Waals surface area contributed by atoms with Crippen LogP contribution in [0.25, 0.3) is 0 Å². The normalized spacial score (nSPS) is 14.6. The van der Waals surface area contributed by atoms with Crippen molar-refractivity contribution >= 4 is 17.4 Å². The molecule has 0 fully saturated rings. The summed E-state index contributed by atoms with van der Waals surface area (Å²) in [5.74, 6) is -4.68. The number of hydrogen-bond acceptors (Lipinski definition) is 1. The second-order valence-electron chi connectivity index (χ2n) is 3.78. The van der Waals surface area contributed by atoms with Crippen molar-refractivity contribution in [3.05, 3.63) is 35.1 Å². The smallest absolute Gasteiger partial charge is 0.194 e. The third-order valence-corrected chi connectivity index (χ3v) is 3.20. The first kappa shape index (κ1) is 13.0. The minimum absolute atomic E-state index is 0.0337. The molecule has 1 atom stereocenters. The fourth-order valence-corrected chi connectivity index (χ4v) is 1.59. The van der Waals surface area contributed by atoms with Gasteiger partial charge in [-0.3, -0.25) is 4.79 Å². The molecule has 0 radical (unpaired) electrons. The Morgan fingerprint density at radius 1 is 1.31 bits per heavy atom. The molecule has 0 spiro atoms. The summed E-state index contributed by atoms with van der Waals surface area (Å²) in [7, 11) is 0. The molecule has 1 aromatic rings. The molecular formula is C11H10ClF3O. The molecule has 0 amide bonds. The van der Waals surface area contributed by atoms with Gasteiger partial charge in [-0.15, -0.1) is 11.6 Å². The van der Waals surface area contributed by atoms with Gasteiger partial charge in [-0.25, -0.2) is 13.2 Å². The van der Waals surface area contributed by atoms with Gasteiger partial charge in [0.2, 0.25) is 0 Å². The molecular weight excluding hydrogens is 241 g/mol. The van der Waals surface area contributed by atoms with E-state index in [0.29, 0.717) is 0 Å². The summed E-state index contributed by atoms with van der Waals surface area (Å²) in [4.78, 5) is 11.4. The maximum Gasteiger partial charge on any atom is 0.194 e. The quantitative estimate of drug-likeness (QED) is 0.595. The van der Waals surface area contributed by atoms with E-state index in [-0.39, 0.29) is 17.2 Å². The molecule has 0 aliphatic heterocycles. The zero-order chi connectivity index (χ0) is 12.5. The first-order chi connectivity index (χ1) is 7.32. The van der Waals surface area contributed by atoms with Gasteiger partial charge in [-0.05, 0) is 31.5 Å². The lowest BCUT2D eigenvalue weighted by Gasteiger charge is -2.24. The summed E-state index contributed by atoms with van der Waals surface area (Å²) < 4.78 is 38.7. The summed E-state index contributed by atoms with van der Waals surface area (Å²) in [6.07, 6.45) is 0. The number of alkyl halides is 1. The molecule has 0 bridgehead atoms. The van der Waals surface area contributed by atoms with Gasteiger partial charge in [0.05, 0.1) is 5.41 Å². The van der Waals surface area contributed by atoms with Crippen LogP contribution < -0.4 is 0 Å². The van der Waals surface area contributed by atoms with Crippen molar-refractivity contribution < 1.29 is 18.0 Å².